The highest BCUT2D eigenvalue weighted by molar-refractivity contribution is 6.35. The zero-order chi connectivity index (χ0) is 38.3. The van der Waals surface area contributed by atoms with E-state index in [9.17, 15) is 28.8 Å². The predicted octanol–water partition coefficient (Wildman–Crippen LogP) is 8.78. The second-order valence-corrected chi connectivity index (χ2v) is 12.5. The smallest absolute Gasteiger partial charge is 0.266 e. The van der Waals surface area contributed by atoms with Gasteiger partial charge in [-0.3, -0.25) is 28.8 Å². The van der Waals surface area contributed by atoms with E-state index in [0.717, 1.165) is 4.90 Å². The van der Waals surface area contributed by atoms with E-state index in [-0.39, 0.29) is 39.5 Å². The quantitative estimate of drug-likeness (QED) is 0.0782. The lowest BCUT2D eigenvalue weighted by molar-refractivity contribution is 0.0922. The summed E-state index contributed by atoms with van der Waals surface area (Å²) in [5.41, 5.74) is 4.22. The summed E-state index contributed by atoms with van der Waals surface area (Å²) in [4.78, 5) is 79.6. The zero-order valence-corrected chi connectivity index (χ0v) is 29.1. The van der Waals surface area contributed by atoms with Crippen LogP contribution >= 0.6 is 0 Å². The standard InChI is InChI=1S/C46H31N3O6/c50-41(32-12-3-1-4-13-32)24-20-30-10-7-17-36(26-30)47-43(52)34-16-9-19-38(28-34)49-45(54)39-23-22-35(29-40(39)46(49)55)44(53)48-37-18-8-11-31(27-37)21-25-42(51)33-14-5-2-6-15-33/h1-29H,(H,47,52)(H,48,53). The van der Waals surface area contributed by atoms with E-state index in [4.69, 9.17) is 0 Å². The molecule has 9 heteroatoms. The largest absolute Gasteiger partial charge is 0.322 e. The lowest BCUT2D eigenvalue weighted by Gasteiger charge is -2.15. The van der Waals surface area contributed by atoms with Crippen LogP contribution in [0.4, 0.5) is 17.1 Å². The van der Waals surface area contributed by atoms with Gasteiger partial charge < -0.3 is 10.6 Å². The number of amides is 4. The molecule has 0 fully saturated rings. The van der Waals surface area contributed by atoms with Gasteiger partial charge in [-0.2, -0.15) is 0 Å². The fourth-order valence-electron chi connectivity index (χ4n) is 5.99. The minimum absolute atomic E-state index is 0.0548. The van der Waals surface area contributed by atoms with Crippen LogP contribution in [-0.4, -0.2) is 35.2 Å². The topological polar surface area (TPSA) is 130 Å². The van der Waals surface area contributed by atoms with Crippen LogP contribution < -0.4 is 15.5 Å². The molecule has 0 radical (unpaired) electrons. The third-order valence-electron chi connectivity index (χ3n) is 8.78. The van der Waals surface area contributed by atoms with E-state index in [2.05, 4.69) is 10.6 Å². The summed E-state index contributed by atoms with van der Waals surface area (Å²) < 4.78 is 0. The minimum atomic E-state index is -0.632. The normalized spacial score (nSPS) is 12.2. The van der Waals surface area contributed by atoms with Crippen molar-refractivity contribution in [3.63, 3.8) is 0 Å². The van der Waals surface area contributed by atoms with Crippen molar-refractivity contribution in [3.8, 4) is 0 Å². The summed E-state index contributed by atoms with van der Waals surface area (Å²) >= 11 is 0. The predicted molar refractivity (Wildman–Crippen MR) is 212 cm³/mol. The van der Waals surface area contributed by atoms with Gasteiger partial charge >= 0.3 is 0 Å². The molecule has 0 unspecified atom stereocenters. The highest BCUT2D eigenvalue weighted by atomic mass is 16.2. The van der Waals surface area contributed by atoms with Gasteiger partial charge in [0.1, 0.15) is 0 Å². The van der Waals surface area contributed by atoms with Gasteiger partial charge in [0, 0.05) is 33.6 Å². The molecule has 2 N–H and O–H groups in total. The van der Waals surface area contributed by atoms with Crippen molar-refractivity contribution in [1.82, 2.24) is 0 Å². The number of anilines is 3. The fraction of sp³-hybridized carbons (Fsp3) is 0. The Hall–Kier alpha value is -7.78. The van der Waals surface area contributed by atoms with Crippen molar-refractivity contribution in [2.75, 3.05) is 15.5 Å². The maximum Gasteiger partial charge on any atom is 0.266 e. The van der Waals surface area contributed by atoms with Gasteiger partial charge in [0.25, 0.3) is 23.6 Å². The second-order valence-electron chi connectivity index (χ2n) is 12.5. The summed E-state index contributed by atoms with van der Waals surface area (Å²) in [7, 11) is 0. The van der Waals surface area contributed by atoms with Gasteiger partial charge in [-0.05, 0) is 83.9 Å². The molecule has 266 valence electrons. The van der Waals surface area contributed by atoms with E-state index < -0.39 is 23.6 Å². The molecule has 1 heterocycles. The highest BCUT2D eigenvalue weighted by Gasteiger charge is 2.37. The SMILES string of the molecule is O=C(C=Cc1cccc(NC(=O)c2cccc(N3C(=O)c4ccc(C(=O)Nc5cccc(C=CC(=O)c6ccccc6)c5)cc4C3=O)c2)c1)c1ccccc1. The Labute approximate surface area is 316 Å². The van der Waals surface area contributed by atoms with Crippen LogP contribution in [0.5, 0.6) is 0 Å². The third kappa shape index (κ3) is 8.16. The minimum Gasteiger partial charge on any atom is -0.322 e. The molecular formula is C46H31N3O6. The number of hydrogen-bond donors (Lipinski definition) is 2. The molecule has 0 saturated heterocycles. The fourth-order valence-corrected chi connectivity index (χ4v) is 5.99. The van der Waals surface area contributed by atoms with Crippen LogP contribution in [0.25, 0.3) is 12.2 Å². The van der Waals surface area contributed by atoms with Crippen molar-refractivity contribution in [3.05, 3.63) is 208 Å². The lowest BCUT2D eigenvalue weighted by atomic mass is 10.0. The molecule has 0 saturated carbocycles. The Bertz CT molecular complexity index is 2560. The highest BCUT2D eigenvalue weighted by Crippen LogP contribution is 2.30. The molecule has 6 aromatic rings. The number of ketones is 2. The van der Waals surface area contributed by atoms with Crippen LogP contribution in [0.15, 0.2) is 164 Å². The van der Waals surface area contributed by atoms with Crippen LogP contribution in [0.2, 0.25) is 0 Å². The molecule has 0 atom stereocenters. The molecule has 55 heavy (non-hydrogen) atoms. The summed E-state index contributed by atoms with van der Waals surface area (Å²) in [5.74, 6) is -2.48. The van der Waals surface area contributed by atoms with E-state index >= 15 is 0 Å². The number of carbonyl (C=O) groups excluding carboxylic acids is 6. The van der Waals surface area contributed by atoms with Crippen LogP contribution in [0, 0.1) is 0 Å². The van der Waals surface area contributed by atoms with Gasteiger partial charge in [0.05, 0.1) is 16.8 Å². The molecule has 4 amide bonds. The first-order valence-electron chi connectivity index (χ1n) is 17.2. The number of fused-ring (bicyclic) bond motifs is 1. The molecule has 0 bridgehead atoms. The van der Waals surface area contributed by atoms with Crippen LogP contribution in [-0.2, 0) is 0 Å². The van der Waals surface area contributed by atoms with Crippen molar-refractivity contribution in [2.24, 2.45) is 0 Å². The van der Waals surface area contributed by atoms with Crippen LogP contribution in [0.3, 0.4) is 0 Å². The van der Waals surface area contributed by atoms with Gasteiger partial charge in [-0.15, -0.1) is 0 Å². The lowest BCUT2D eigenvalue weighted by Crippen LogP contribution is -2.29. The van der Waals surface area contributed by atoms with E-state index in [1.165, 1.54) is 36.4 Å². The molecule has 0 aromatic heterocycles. The summed E-state index contributed by atoms with van der Waals surface area (Å²) in [6.07, 6.45) is 6.25. The van der Waals surface area contributed by atoms with Crippen molar-refractivity contribution < 1.29 is 28.8 Å². The summed E-state index contributed by atoms with van der Waals surface area (Å²) in [6, 6.07) is 42.1. The summed E-state index contributed by atoms with van der Waals surface area (Å²) in [5, 5.41) is 5.64. The molecule has 7 rings (SSSR count). The number of nitrogens with one attached hydrogen (secondary N) is 2. The Balaban J connectivity index is 1.01. The number of allylic oxidation sites excluding steroid dienone is 2. The number of carbonyl (C=O) groups is 6. The van der Waals surface area contributed by atoms with Crippen molar-refractivity contribution >= 4 is 64.4 Å². The van der Waals surface area contributed by atoms with Crippen LogP contribution in [0.1, 0.15) is 73.3 Å². The third-order valence-corrected chi connectivity index (χ3v) is 8.78. The number of hydrogen-bond acceptors (Lipinski definition) is 6. The number of nitrogens with zero attached hydrogens (tertiary/aromatic N) is 1. The number of imide groups is 1. The average molecular weight is 722 g/mol. The molecular weight excluding hydrogens is 691 g/mol. The van der Waals surface area contributed by atoms with E-state index in [1.807, 2.05) is 12.1 Å². The maximum absolute atomic E-state index is 13.6. The molecule has 0 spiro atoms. The molecule has 6 aromatic carbocycles. The monoisotopic (exact) mass is 721 g/mol. The first kappa shape index (κ1) is 35.6. The Morgan fingerprint density at radius 3 is 1.45 bits per heavy atom. The summed E-state index contributed by atoms with van der Waals surface area (Å²) in [6.45, 7) is 0. The molecule has 0 aliphatic carbocycles. The first-order valence-corrected chi connectivity index (χ1v) is 17.2. The van der Waals surface area contributed by atoms with Gasteiger partial charge in [-0.25, -0.2) is 4.90 Å². The van der Waals surface area contributed by atoms with Crippen molar-refractivity contribution in [1.29, 1.82) is 0 Å². The maximum atomic E-state index is 13.6. The average Bonchev–Trinajstić information content (AvgIpc) is 3.47. The molecule has 1 aliphatic heterocycles. The van der Waals surface area contributed by atoms with Gasteiger partial charge in [0.2, 0.25) is 0 Å². The number of rotatable bonds is 11. The first-order chi connectivity index (χ1) is 26.7. The Morgan fingerprint density at radius 2 is 0.909 bits per heavy atom. The number of benzene rings is 6. The zero-order valence-electron chi connectivity index (χ0n) is 29.1. The Morgan fingerprint density at radius 1 is 0.436 bits per heavy atom. The van der Waals surface area contributed by atoms with Crippen molar-refractivity contribution in [2.45, 2.75) is 0 Å². The van der Waals surface area contributed by atoms with Gasteiger partial charge in [0.15, 0.2) is 11.6 Å². The molecule has 1 aliphatic rings. The van der Waals surface area contributed by atoms with Gasteiger partial charge in [-0.1, -0.05) is 103 Å². The Kier molecular flexibility index (Phi) is 10.3. The molecule has 9 nitrogen and oxygen atoms in total. The van der Waals surface area contributed by atoms with E-state index in [0.29, 0.717) is 33.6 Å². The second kappa shape index (κ2) is 15.9. The van der Waals surface area contributed by atoms with E-state index in [1.54, 1.807) is 127 Å².